The van der Waals surface area contributed by atoms with Crippen LogP contribution in [-0.4, -0.2) is 42.6 Å². The SMILES string of the molecule is COc1ccc(Cl)cc1C(=O)N1CC2CC1C(=O)O2. The normalized spacial score (nSPS) is 24.5. The Morgan fingerprint density at radius 2 is 2.32 bits per heavy atom. The third kappa shape index (κ3) is 1.94. The number of carbonyl (C=O) groups is 2. The predicted octanol–water partition coefficient (Wildman–Crippen LogP) is 1.49. The Morgan fingerprint density at radius 3 is 2.95 bits per heavy atom. The molecule has 0 N–H and O–H groups in total. The number of fused-ring (bicyclic) bond motifs is 2. The van der Waals surface area contributed by atoms with E-state index in [0.29, 0.717) is 29.3 Å². The standard InChI is InChI=1S/C13H12ClNO4/c1-18-11-3-2-7(14)4-9(11)12(16)15-6-8-5-10(15)13(17)19-8/h2-4,8,10H,5-6H2,1H3. The molecule has 1 aromatic rings. The monoisotopic (exact) mass is 281 g/mol. The highest BCUT2D eigenvalue weighted by atomic mass is 35.5. The maximum absolute atomic E-state index is 12.5. The molecule has 3 rings (SSSR count). The van der Waals surface area contributed by atoms with Crippen LogP contribution < -0.4 is 4.74 Å². The number of halogens is 1. The van der Waals surface area contributed by atoms with Crippen molar-refractivity contribution in [2.24, 2.45) is 0 Å². The summed E-state index contributed by atoms with van der Waals surface area (Å²) in [4.78, 5) is 25.6. The Bertz CT molecular complexity index is 560. The van der Waals surface area contributed by atoms with Gasteiger partial charge in [0, 0.05) is 11.4 Å². The molecule has 2 bridgehead atoms. The fraction of sp³-hybridized carbons (Fsp3) is 0.385. The molecule has 0 aromatic heterocycles. The minimum absolute atomic E-state index is 0.174. The van der Waals surface area contributed by atoms with Crippen LogP contribution in [0, 0.1) is 0 Å². The van der Waals surface area contributed by atoms with Crippen LogP contribution in [0.5, 0.6) is 5.75 Å². The first-order chi connectivity index (χ1) is 9.10. The molecule has 1 amide bonds. The van der Waals surface area contributed by atoms with Gasteiger partial charge in [-0.15, -0.1) is 0 Å². The van der Waals surface area contributed by atoms with E-state index in [2.05, 4.69) is 0 Å². The van der Waals surface area contributed by atoms with E-state index in [9.17, 15) is 9.59 Å². The Labute approximate surface area is 115 Å². The lowest BCUT2D eigenvalue weighted by Crippen LogP contribution is -2.44. The van der Waals surface area contributed by atoms with Gasteiger partial charge >= 0.3 is 5.97 Å². The second kappa shape index (κ2) is 4.42. The van der Waals surface area contributed by atoms with Gasteiger partial charge in [0.05, 0.1) is 19.2 Å². The molecule has 2 saturated heterocycles. The molecule has 2 heterocycles. The molecule has 0 spiro atoms. The smallest absolute Gasteiger partial charge is 0.329 e. The van der Waals surface area contributed by atoms with Gasteiger partial charge in [-0.25, -0.2) is 4.79 Å². The molecule has 6 heteroatoms. The molecular formula is C13H12ClNO4. The van der Waals surface area contributed by atoms with Crippen molar-refractivity contribution < 1.29 is 19.1 Å². The first-order valence-electron chi connectivity index (χ1n) is 5.95. The van der Waals surface area contributed by atoms with Gasteiger partial charge in [-0.3, -0.25) is 4.79 Å². The lowest BCUT2D eigenvalue weighted by molar-refractivity contribution is -0.149. The quantitative estimate of drug-likeness (QED) is 0.771. The maximum atomic E-state index is 12.5. The highest BCUT2D eigenvalue weighted by molar-refractivity contribution is 6.31. The summed E-state index contributed by atoms with van der Waals surface area (Å²) in [6.07, 6.45) is 0.402. The van der Waals surface area contributed by atoms with E-state index in [1.165, 1.54) is 12.0 Å². The minimum atomic E-state index is -0.471. The largest absolute Gasteiger partial charge is 0.496 e. The van der Waals surface area contributed by atoms with Crippen LogP contribution in [0.15, 0.2) is 18.2 Å². The lowest BCUT2D eigenvalue weighted by Gasteiger charge is -2.26. The van der Waals surface area contributed by atoms with Crippen molar-refractivity contribution in [1.82, 2.24) is 4.90 Å². The van der Waals surface area contributed by atoms with E-state index in [0.717, 1.165) is 0 Å². The maximum Gasteiger partial charge on any atom is 0.329 e. The molecule has 100 valence electrons. The van der Waals surface area contributed by atoms with Crippen LogP contribution in [0.25, 0.3) is 0 Å². The molecule has 0 saturated carbocycles. The Balaban J connectivity index is 1.92. The molecule has 0 aliphatic carbocycles. The Kier molecular flexibility index (Phi) is 2.86. The zero-order valence-corrected chi connectivity index (χ0v) is 11.0. The zero-order valence-electron chi connectivity index (χ0n) is 10.3. The van der Waals surface area contributed by atoms with Gasteiger partial charge in [-0.1, -0.05) is 11.6 Å². The number of likely N-dealkylation sites (tertiary alicyclic amines) is 1. The van der Waals surface area contributed by atoms with E-state index in [4.69, 9.17) is 21.1 Å². The summed E-state index contributed by atoms with van der Waals surface area (Å²) in [5.41, 5.74) is 0.371. The van der Waals surface area contributed by atoms with Gasteiger partial charge in [-0.2, -0.15) is 0 Å². The van der Waals surface area contributed by atoms with Gasteiger partial charge in [0.25, 0.3) is 5.91 Å². The highest BCUT2D eigenvalue weighted by Gasteiger charge is 2.48. The molecule has 2 fully saturated rings. The average molecular weight is 282 g/mol. The minimum Gasteiger partial charge on any atom is -0.496 e. The number of hydrogen-bond donors (Lipinski definition) is 0. The number of amides is 1. The number of rotatable bonds is 2. The average Bonchev–Trinajstić information content (AvgIpc) is 2.96. The lowest BCUT2D eigenvalue weighted by atomic mass is 10.1. The van der Waals surface area contributed by atoms with Crippen LogP contribution in [0.4, 0.5) is 0 Å². The Hall–Kier alpha value is -1.75. The van der Waals surface area contributed by atoms with Crippen molar-refractivity contribution in [2.45, 2.75) is 18.6 Å². The first-order valence-corrected chi connectivity index (χ1v) is 6.33. The predicted molar refractivity (Wildman–Crippen MR) is 67.3 cm³/mol. The van der Waals surface area contributed by atoms with Crippen LogP contribution >= 0.6 is 11.6 Å². The van der Waals surface area contributed by atoms with E-state index in [1.807, 2.05) is 0 Å². The van der Waals surface area contributed by atoms with Crippen LogP contribution in [0.2, 0.25) is 5.02 Å². The number of nitrogens with zero attached hydrogens (tertiary/aromatic N) is 1. The number of methoxy groups -OCH3 is 1. The van der Waals surface area contributed by atoms with Crippen LogP contribution in [0.1, 0.15) is 16.8 Å². The summed E-state index contributed by atoms with van der Waals surface area (Å²) in [6.45, 7) is 0.435. The zero-order chi connectivity index (χ0) is 13.6. The van der Waals surface area contributed by atoms with Crippen molar-refractivity contribution in [2.75, 3.05) is 13.7 Å². The fourth-order valence-corrected chi connectivity index (χ4v) is 2.75. The molecule has 0 radical (unpaired) electrons. The molecule has 2 aliphatic heterocycles. The number of esters is 1. The van der Waals surface area contributed by atoms with E-state index < -0.39 is 6.04 Å². The van der Waals surface area contributed by atoms with Crippen LogP contribution in [-0.2, 0) is 9.53 Å². The number of carbonyl (C=O) groups excluding carboxylic acids is 2. The summed E-state index contributed by atoms with van der Waals surface area (Å²) in [5.74, 6) is -0.125. The summed E-state index contributed by atoms with van der Waals surface area (Å²) in [6, 6.07) is 4.38. The molecule has 5 nitrogen and oxygen atoms in total. The molecule has 19 heavy (non-hydrogen) atoms. The molecule has 2 unspecified atom stereocenters. The number of ether oxygens (including phenoxy) is 2. The topological polar surface area (TPSA) is 55.8 Å². The summed E-state index contributed by atoms with van der Waals surface area (Å²) >= 11 is 5.91. The molecular weight excluding hydrogens is 270 g/mol. The van der Waals surface area contributed by atoms with Gasteiger partial charge in [0.2, 0.25) is 0 Å². The van der Waals surface area contributed by atoms with Gasteiger partial charge in [0.1, 0.15) is 17.9 Å². The van der Waals surface area contributed by atoms with Gasteiger partial charge < -0.3 is 14.4 Å². The fourth-order valence-electron chi connectivity index (χ4n) is 2.58. The van der Waals surface area contributed by atoms with Crippen molar-refractivity contribution in [1.29, 1.82) is 0 Å². The highest BCUT2D eigenvalue weighted by Crippen LogP contribution is 2.32. The molecule has 2 atom stereocenters. The summed E-state index contributed by atoms with van der Waals surface area (Å²) in [7, 11) is 1.49. The van der Waals surface area contributed by atoms with Crippen molar-refractivity contribution in [3.63, 3.8) is 0 Å². The third-order valence-electron chi connectivity index (χ3n) is 3.47. The van der Waals surface area contributed by atoms with E-state index >= 15 is 0 Å². The number of morpholine rings is 1. The van der Waals surface area contributed by atoms with Crippen molar-refractivity contribution >= 4 is 23.5 Å². The van der Waals surface area contributed by atoms with Gasteiger partial charge in [0.15, 0.2) is 0 Å². The van der Waals surface area contributed by atoms with Crippen molar-refractivity contribution in [3.8, 4) is 5.75 Å². The first kappa shape index (κ1) is 12.3. The second-order valence-corrected chi connectivity index (χ2v) is 5.05. The second-order valence-electron chi connectivity index (χ2n) is 4.61. The number of benzene rings is 1. The Morgan fingerprint density at radius 1 is 1.53 bits per heavy atom. The molecule has 2 aliphatic rings. The summed E-state index contributed by atoms with van der Waals surface area (Å²) < 4.78 is 10.2. The van der Waals surface area contributed by atoms with Crippen LogP contribution in [0.3, 0.4) is 0 Å². The number of hydrogen-bond acceptors (Lipinski definition) is 4. The van der Waals surface area contributed by atoms with Crippen molar-refractivity contribution in [3.05, 3.63) is 28.8 Å². The third-order valence-corrected chi connectivity index (χ3v) is 3.71. The summed E-state index contributed by atoms with van der Waals surface area (Å²) in [5, 5.41) is 0.455. The van der Waals surface area contributed by atoms with E-state index in [-0.39, 0.29) is 18.0 Å². The molecule has 1 aromatic carbocycles. The van der Waals surface area contributed by atoms with E-state index in [1.54, 1.807) is 18.2 Å². The van der Waals surface area contributed by atoms with Gasteiger partial charge in [-0.05, 0) is 18.2 Å².